The average Bonchev–Trinajstić information content (AvgIpc) is 2.87. The molecule has 6 nitrogen and oxygen atoms in total. The molecule has 0 saturated carbocycles. The fourth-order valence-corrected chi connectivity index (χ4v) is 3.22. The van der Waals surface area contributed by atoms with Crippen LogP contribution in [0.5, 0.6) is 0 Å². The average molecular weight is 346 g/mol. The van der Waals surface area contributed by atoms with Crippen molar-refractivity contribution in [2.24, 2.45) is 0 Å². The lowest BCUT2D eigenvalue weighted by atomic mass is 10.1. The summed E-state index contributed by atoms with van der Waals surface area (Å²) >= 11 is 1.35. The minimum atomic E-state index is -0.464. The summed E-state index contributed by atoms with van der Waals surface area (Å²) in [4.78, 5) is 36.8. The van der Waals surface area contributed by atoms with Crippen LogP contribution in [-0.2, 0) is 4.74 Å². The summed E-state index contributed by atoms with van der Waals surface area (Å²) in [6, 6.07) is 6.11. The summed E-state index contributed by atoms with van der Waals surface area (Å²) in [6.07, 6.45) is 0. The second kappa shape index (κ2) is 7.27. The molecule has 0 spiro atoms. The molecule has 0 unspecified atom stereocenters. The lowest BCUT2D eigenvalue weighted by Gasteiger charge is -2.07. The Morgan fingerprint density at radius 3 is 2.12 bits per heavy atom. The molecule has 0 bridgehead atoms. The van der Waals surface area contributed by atoms with Crippen LogP contribution >= 0.6 is 11.3 Å². The van der Waals surface area contributed by atoms with E-state index in [1.54, 1.807) is 7.05 Å². The highest BCUT2D eigenvalue weighted by molar-refractivity contribution is 7.16. The van der Waals surface area contributed by atoms with Gasteiger partial charge in [0, 0.05) is 17.5 Å². The van der Waals surface area contributed by atoms with E-state index in [9.17, 15) is 14.4 Å². The molecule has 0 atom stereocenters. The van der Waals surface area contributed by atoms with E-state index in [1.165, 1.54) is 42.7 Å². The number of amides is 2. The zero-order chi connectivity index (χ0) is 17.9. The molecule has 2 rings (SSSR count). The Hall–Kier alpha value is -2.67. The molecule has 0 aliphatic carbocycles. The first-order valence-electron chi connectivity index (χ1n) is 7.20. The van der Waals surface area contributed by atoms with Gasteiger partial charge in [-0.25, -0.2) is 4.79 Å². The van der Waals surface area contributed by atoms with Gasteiger partial charge >= 0.3 is 5.97 Å². The maximum Gasteiger partial charge on any atom is 0.337 e. The number of anilines is 1. The van der Waals surface area contributed by atoms with Crippen molar-refractivity contribution in [1.29, 1.82) is 0 Å². The van der Waals surface area contributed by atoms with Crippen molar-refractivity contribution in [1.82, 2.24) is 5.32 Å². The summed E-state index contributed by atoms with van der Waals surface area (Å²) in [5.74, 6) is -1.06. The van der Waals surface area contributed by atoms with E-state index < -0.39 is 5.97 Å². The van der Waals surface area contributed by atoms with Crippen molar-refractivity contribution >= 4 is 34.1 Å². The van der Waals surface area contributed by atoms with E-state index in [0.717, 1.165) is 10.4 Å². The molecule has 126 valence electrons. The van der Waals surface area contributed by atoms with Crippen LogP contribution in [0.25, 0.3) is 0 Å². The van der Waals surface area contributed by atoms with Gasteiger partial charge in [0.1, 0.15) is 5.00 Å². The van der Waals surface area contributed by atoms with Crippen LogP contribution in [0, 0.1) is 13.8 Å². The van der Waals surface area contributed by atoms with Gasteiger partial charge in [0.15, 0.2) is 0 Å². The van der Waals surface area contributed by atoms with E-state index >= 15 is 0 Å². The topological polar surface area (TPSA) is 84.5 Å². The molecule has 1 heterocycles. The highest BCUT2D eigenvalue weighted by Crippen LogP contribution is 2.32. The Labute approximate surface area is 143 Å². The second-order valence-corrected chi connectivity index (χ2v) is 6.31. The molecular formula is C17H18N2O4S. The maximum absolute atomic E-state index is 12.4. The van der Waals surface area contributed by atoms with Gasteiger partial charge in [0.05, 0.1) is 18.2 Å². The van der Waals surface area contributed by atoms with Crippen LogP contribution in [0.3, 0.4) is 0 Å². The van der Waals surface area contributed by atoms with Crippen LogP contribution in [0.4, 0.5) is 5.00 Å². The molecule has 1 aromatic carbocycles. The number of carbonyl (C=O) groups excluding carboxylic acids is 3. The number of thiophene rings is 1. The molecule has 1 aromatic heterocycles. The molecule has 2 amide bonds. The highest BCUT2D eigenvalue weighted by atomic mass is 32.1. The highest BCUT2D eigenvalue weighted by Gasteiger charge is 2.20. The van der Waals surface area contributed by atoms with Crippen molar-refractivity contribution in [3.8, 4) is 0 Å². The predicted molar refractivity (Wildman–Crippen MR) is 92.9 cm³/mol. The number of hydrogen-bond donors (Lipinski definition) is 2. The molecule has 0 radical (unpaired) electrons. The van der Waals surface area contributed by atoms with Gasteiger partial charge in [0.2, 0.25) is 0 Å². The first-order valence-corrected chi connectivity index (χ1v) is 8.02. The Morgan fingerprint density at radius 2 is 1.58 bits per heavy atom. The molecule has 24 heavy (non-hydrogen) atoms. The minimum absolute atomic E-state index is 0.242. The third-order valence-electron chi connectivity index (χ3n) is 3.63. The third kappa shape index (κ3) is 3.46. The molecule has 0 aliphatic rings. The summed E-state index contributed by atoms with van der Waals surface area (Å²) in [5.41, 5.74) is 2.06. The van der Waals surface area contributed by atoms with E-state index in [2.05, 4.69) is 15.4 Å². The lowest BCUT2D eigenvalue weighted by molar-refractivity contribution is 0.0600. The van der Waals surface area contributed by atoms with E-state index in [0.29, 0.717) is 21.7 Å². The zero-order valence-corrected chi connectivity index (χ0v) is 14.7. The number of ether oxygens (including phenoxy) is 1. The summed E-state index contributed by atoms with van der Waals surface area (Å²) in [7, 11) is 2.84. The second-order valence-electron chi connectivity index (χ2n) is 5.09. The number of carbonyl (C=O) groups is 3. The molecule has 0 aliphatic heterocycles. The molecular weight excluding hydrogens is 328 g/mol. The minimum Gasteiger partial charge on any atom is -0.465 e. The first kappa shape index (κ1) is 17.7. The predicted octanol–water partition coefficient (Wildman–Crippen LogP) is 2.76. The smallest absolute Gasteiger partial charge is 0.337 e. The number of esters is 1. The molecule has 0 saturated heterocycles. The monoisotopic (exact) mass is 346 g/mol. The van der Waals surface area contributed by atoms with Gasteiger partial charge in [-0.2, -0.15) is 0 Å². The lowest BCUT2D eigenvalue weighted by Crippen LogP contribution is -2.21. The Kier molecular flexibility index (Phi) is 5.35. The van der Waals surface area contributed by atoms with Crippen molar-refractivity contribution in [3.63, 3.8) is 0 Å². The molecule has 0 fully saturated rings. The zero-order valence-electron chi connectivity index (χ0n) is 13.9. The Bertz CT molecular complexity index is 794. The quantitative estimate of drug-likeness (QED) is 0.834. The van der Waals surface area contributed by atoms with Gasteiger partial charge in [-0.3, -0.25) is 9.59 Å². The van der Waals surface area contributed by atoms with E-state index in [4.69, 9.17) is 0 Å². The normalized spacial score (nSPS) is 10.2. The van der Waals surface area contributed by atoms with Crippen LogP contribution in [0.15, 0.2) is 24.3 Å². The molecule has 7 heteroatoms. The van der Waals surface area contributed by atoms with Crippen molar-refractivity contribution < 1.29 is 19.1 Å². The summed E-state index contributed by atoms with van der Waals surface area (Å²) < 4.78 is 4.62. The number of rotatable bonds is 4. The van der Waals surface area contributed by atoms with Crippen LogP contribution < -0.4 is 10.6 Å². The molecule has 2 aromatic rings. The maximum atomic E-state index is 12.4. The number of nitrogens with one attached hydrogen (secondary N) is 2. The van der Waals surface area contributed by atoms with Gasteiger partial charge in [-0.15, -0.1) is 11.3 Å². The van der Waals surface area contributed by atoms with Gasteiger partial charge in [-0.1, -0.05) is 0 Å². The number of methoxy groups -OCH3 is 1. The third-order valence-corrected chi connectivity index (χ3v) is 4.76. The first-order chi connectivity index (χ1) is 11.4. The number of aryl methyl sites for hydroxylation is 1. The molecule has 2 N–H and O–H groups in total. The largest absolute Gasteiger partial charge is 0.465 e. The van der Waals surface area contributed by atoms with Gasteiger partial charge in [-0.05, 0) is 43.7 Å². The fraction of sp³-hybridized carbons (Fsp3) is 0.235. The standard InChI is InChI=1S/C17H18N2O4S/c1-9-10(2)24-16(13(9)15(21)18-3)19-14(20)11-5-7-12(8-6-11)17(22)23-4/h5-8H,1-4H3,(H,18,21)(H,19,20). The van der Waals surface area contributed by atoms with Crippen molar-refractivity contribution in [2.45, 2.75) is 13.8 Å². The van der Waals surface area contributed by atoms with Crippen LogP contribution in [-0.4, -0.2) is 31.9 Å². The van der Waals surface area contributed by atoms with Crippen molar-refractivity contribution in [3.05, 3.63) is 51.4 Å². The SMILES string of the molecule is CNC(=O)c1c(NC(=O)c2ccc(C(=O)OC)cc2)sc(C)c1C. The van der Waals surface area contributed by atoms with E-state index in [-0.39, 0.29) is 11.8 Å². The van der Waals surface area contributed by atoms with Crippen LogP contribution in [0.1, 0.15) is 41.5 Å². The van der Waals surface area contributed by atoms with Gasteiger partial charge in [0.25, 0.3) is 11.8 Å². The summed E-state index contributed by atoms with van der Waals surface area (Å²) in [5, 5.41) is 5.86. The van der Waals surface area contributed by atoms with E-state index in [1.807, 2.05) is 13.8 Å². The number of benzene rings is 1. The van der Waals surface area contributed by atoms with Crippen molar-refractivity contribution in [2.75, 3.05) is 19.5 Å². The van der Waals surface area contributed by atoms with Crippen LogP contribution in [0.2, 0.25) is 0 Å². The Morgan fingerprint density at radius 1 is 1.00 bits per heavy atom. The number of hydrogen-bond acceptors (Lipinski definition) is 5. The Balaban J connectivity index is 2.25. The van der Waals surface area contributed by atoms with Gasteiger partial charge < -0.3 is 15.4 Å². The summed E-state index contributed by atoms with van der Waals surface area (Å²) in [6.45, 7) is 3.74. The fourth-order valence-electron chi connectivity index (χ4n) is 2.16.